The number of nitrogens with zero attached hydrogens (tertiary/aromatic N) is 4. The molecular formula is C27H27FN4O8S. The Morgan fingerprint density at radius 1 is 1.17 bits per heavy atom. The van der Waals surface area contributed by atoms with E-state index in [2.05, 4.69) is 0 Å². The van der Waals surface area contributed by atoms with Gasteiger partial charge in [0.05, 0.1) is 27.8 Å². The Bertz CT molecular complexity index is 1750. The number of hydrogen-bond acceptors (Lipinski definition) is 8. The van der Waals surface area contributed by atoms with Gasteiger partial charge in [-0.2, -0.15) is 4.31 Å². The molecule has 12 nitrogen and oxygen atoms in total. The number of sulfonamides is 1. The normalized spacial score (nSPS) is 21.2. The van der Waals surface area contributed by atoms with Gasteiger partial charge in [-0.15, -0.1) is 0 Å². The highest BCUT2D eigenvalue weighted by Crippen LogP contribution is 2.46. The Kier molecular flexibility index (Phi) is 6.49. The predicted octanol–water partition coefficient (Wildman–Crippen LogP) is 3.38. The molecule has 6 rings (SSSR count). The van der Waals surface area contributed by atoms with Gasteiger partial charge >= 0.3 is 5.97 Å². The topological polar surface area (TPSA) is 152 Å². The molecule has 3 fully saturated rings. The summed E-state index contributed by atoms with van der Waals surface area (Å²) >= 11 is 0. The molecule has 41 heavy (non-hydrogen) atoms. The molecule has 2 atom stereocenters. The van der Waals surface area contributed by atoms with Crippen LogP contribution in [0.5, 0.6) is 5.75 Å². The van der Waals surface area contributed by atoms with Gasteiger partial charge in [-0.3, -0.25) is 14.9 Å². The van der Waals surface area contributed by atoms with Crippen molar-refractivity contribution < 1.29 is 32.4 Å². The van der Waals surface area contributed by atoms with E-state index in [0.717, 1.165) is 37.5 Å². The minimum Gasteiger partial charge on any atom is -0.492 e. The number of nitro groups is 1. The molecule has 0 radical (unpaired) electrons. The van der Waals surface area contributed by atoms with Gasteiger partial charge in [0, 0.05) is 50.0 Å². The van der Waals surface area contributed by atoms with Crippen LogP contribution >= 0.6 is 0 Å². The third kappa shape index (κ3) is 4.41. The van der Waals surface area contributed by atoms with Crippen molar-refractivity contribution in [1.29, 1.82) is 0 Å². The molecule has 3 aromatic rings. The second kappa shape index (κ2) is 9.80. The number of hydrogen-bond donors (Lipinski definition) is 1. The Balaban J connectivity index is 1.41. The molecule has 2 aliphatic heterocycles. The van der Waals surface area contributed by atoms with Gasteiger partial charge in [0.2, 0.25) is 15.5 Å². The molecule has 0 unspecified atom stereocenters. The number of rotatable bonds is 7. The highest BCUT2D eigenvalue weighted by molar-refractivity contribution is 7.89. The maximum Gasteiger partial charge on any atom is 0.341 e. The van der Waals surface area contributed by atoms with Crippen molar-refractivity contribution in [2.75, 3.05) is 31.6 Å². The maximum absolute atomic E-state index is 15.9. The lowest BCUT2D eigenvalue weighted by molar-refractivity contribution is -0.384. The van der Waals surface area contributed by atoms with Crippen LogP contribution in [0.1, 0.15) is 42.1 Å². The van der Waals surface area contributed by atoms with Crippen LogP contribution in [0.2, 0.25) is 0 Å². The zero-order valence-corrected chi connectivity index (χ0v) is 22.8. The minimum absolute atomic E-state index is 0.0492. The fraction of sp³-hybridized carbons (Fsp3) is 0.407. The van der Waals surface area contributed by atoms with Crippen molar-refractivity contribution in [3.63, 3.8) is 0 Å². The number of nitro benzene ring substituents is 1. The average Bonchev–Trinajstić information content (AvgIpc) is 3.70. The van der Waals surface area contributed by atoms with Crippen LogP contribution in [0.25, 0.3) is 10.9 Å². The number of fused-ring (bicyclic) bond motifs is 2. The van der Waals surface area contributed by atoms with Crippen LogP contribution in [-0.2, 0) is 10.0 Å². The van der Waals surface area contributed by atoms with E-state index in [-0.39, 0.29) is 52.5 Å². The van der Waals surface area contributed by atoms with Gasteiger partial charge in [-0.1, -0.05) is 0 Å². The zero-order valence-electron chi connectivity index (χ0n) is 22.0. The van der Waals surface area contributed by atoms with Crippen LogP contribution < -0.4 is 15.1 Å². The number of aromatic nitrogens is 1. The number of ether oxygens (including phenoxy) is 1. The van der Waals surface area contributed by atoms with Gasteiger partial charge in [0.15, 0.2) is 11.6 Å². The van der Waals surface area contributed by atoms with Crippen LogP contribution in [0, 0.1) is 21.8 Å². The number of benzene rings is 2. The van der Waals surface area contributed by atoms with Gasteiger partial charge in [-0.25, -0.2) is 17.6 Å². The van der Waals surface area contributed by atoms with Crippen molar-refractivity contribution in [3.05, 3.63) is 68.2 Å². The first-order valence-electron chi connectivity index (χ1n) is 13.2. The fourth-order valence-corrected chi connectivity index (χ4v) is 7.94. The molecule has 2 aromatic carbocycles. The number of carboxylic acid groups (broad SMARTS) is 1. The number of halogens is 1. The first-order valence-corrected chi connectivity index (χ1v) is 14.7. The maximum atomic E-state index is 15.9. The van der Waals surface area contributed by atoms with E-state index in [4.69, 9.17) is 4.74 Å². The molecule has 1 aromatic heterocycles. The molecule has 0 spiro atoms. The van der Waals surface area contributed by atoms with E-state index in [9.17, 15) is 33.2 Å². The van der Waals surface area contributed by atoms with Crippen molar-refractivity contribution in [2.24, 2.45) is 5.92 Å². The summed E-state index contributed by atoms with van der Waals surface area (Å²) < 4.78 is 51.9. The van der Waals surface area contributed by atoms with Crippen LogP contribution in [-0.4, -0.2) is 66.1 Å². The van der Waals surface area contributed by atoms with Gasteiger partial charge in [0.1, 0.15) is 11.3 Å². The van der Waals surface area contributed by atoms with Gasteiger partial charge < -0.3 is 19.3 Å². The Hall–Kier alpha value is -4.04. The molecule has 0 bridgehead atoms. The summed E-state index contributed by atoms with van der Waals surface area (Å²) in [6, 6.07) is 5.26. The van der Waals surface area contributed by atoms with E-state index in [1.165, 1.54) is 29.7 Å². The monoisotopic (exact) mass is 586 g/mol. The minimum atomic E-state index is -3.99. The number of piperidine rings is 1. The largest absolute Gasteiger partial charge is 0.492 e. The molecule has 1 saturated carbocycles. The van der Waals surface area contributed by atoms with Crippen molar-refractivity contribution in [3.8, 4) is 5.75 Å². The summed E-state index contributed by atoms with van der Waals surface area (Å²) in [4.78, 5) is 36.9. The number of carbonyl (C=O) groups is 1. The molecule has 216 valence electrons. The number of non-ortho nitro benzene ring substituents is 1. The number of methoxy groups -OCH3 is 1. The van der Waals surface area contributed by atoms with E-state index < -0.39 is 43.8 Å². The smallest absolute Gasteiger partial charge is 0.341 e. The number of pyridine rings is 1. The fourth-order valence-electron chi connectivity index (χ4n) is 6.22. The molecule has 1 aliphatic carbocycles. The number of aromatic carboxylic acids is 1. The lowest BCUT2D eigenvalue weighted by Crippen LogP contribution is -2.48. The second-order valence-corrected chi connectivity index (χ2v) is 12.6. The van der Waals surface area contributed by atoms with Gasteiger partial charge in [-0.05, 0) is 49.8 Å². The molecule has 0 amide bonds. The Labute approximate surface area is 233 Å². The summed E-state index contributed by atoms with van der Waals surface area (Å²) in [6.45, 7) is 0.762. The standard InChI is InChI=1S/C27H27FN4O8S/c1-40-26-23-19(25(33)20(27(34)35)13-30(23)16-4-5-16)11-21(28)24(26)29-12-15-3-2-10-31(22(15)14-29)41(38,39)18-8-6-17(7-9-18)32(36)37/h6-9,11,13,15-16,22H,2-5,10,12,14H2,1H3,(H,34,35)/t15-,22+/m1/s1. The quantitative estimate of drug-likeness (QED) is 0.324. The van der Waals surface area contributed by atoms with Gasteiger partial charge in [0.25, 0.3) is 5.69 Å². The van der Waals surface area contributed by atoms with Crippen molar-refractivity contribution in [1.82, 2.24) is 8.87 Å². The zero-order chi connectivity index (χ0) is 29.2. The highest BCUT2D eigenvalue weighted by Gasteiger charge is 2.46. The molecule has 1 N–H and O–H groups in total. The molecular weight excluding hydrogens is 559 g/mol. The second-order valence-electron chi connectivity index (χ2n) is 10.7. The SMILES string of the molecule is COc1c(N2C[C@H]3CCCN(S(=O)(=O)c4ccc([N+](=O)[O-])cc4)[C@H]3C2)c(F)cc2c(=O)c(C(=O)O)cn(C3CC3)c12. The van der Waals surface area contributed by atoms with Crippen LogP contribution in [0.3, 0.4) is 0 Å². The predicted molar refractivity (Wildman–Crippen MR) is 146 cm³/mol. The summed E-state index contributed by atoms with van der Waals surface area (Å²) in [5.74, 6) is -2.17. The van der Waals surface area contributed by atoms with Crippen LogP contribution in [0.15, 0.2) is 46.2 Å². The number of carboxylic acids is 1. The third-order valence-corrected chi connectivity index (χ3v) is 10.2. The lowest BCUT2D eigenvalue weighted by atomic mass is 9.94. The lowest BCUT2D eigenvalue weighted by Gasteiger charge is -2.35. The Morgan fingerprint density at radius 3 is 2.49 bits per heavy atom. The van der Waals surface area contributed by atoms with E-state index in [1.54, 1.807) is 9.47 Å². The first-order chi connectivity index (χ1) is 19.5. The highest BCUT2D eigenvalue weighted by atomic mass is 32.2. The van der Waals surface area contributed by atoms with E-state index in [0.29, 0.717) is 18.5 Å². The molecule has 14 heteroatoms. The molecule has 3 aliphatic rings. The van der Waals surface area contributed by atoms with E-state index >= 15 is 4.39 Å². The summed E-state index contributed by atoms with van der Waals surface area (Å²) in [6.07, 6.45) is 4.15. The van der Waals surface area contributed by atoms with Crippen LogP contribution in [0.4, 0.5) is 15.8 Å². The summed E-state index contributed by atoms with van der Waals surface area (Å²) in [5, 5.41) is 20.5. The summed E-state index contributed by atoms with van der Waals surface area (Å²) in [5.41, 5.74) is -1.06. The first kappa shape index (κ1) is 27.1. The Morgan fingerprint density at radius 2 is 1.88 bits per heavy atom. The molecule has 2 saturated heterocycles. The average molecular weight is 587 g/mol. The summed E-state index contributed by atoms with van der Waals surface area (Å²) in [7, 11) is -2.63. The third-order valence-electron chi connectivity index (χ3n) is 8.27. The molecule has 3 heterocycles. The van der Waals surface area contributed by atoms with Crippen molar-refractivity contribution >= 4 is 38.3 Å². The number of anilines is 1. The van der Waals surface area contributed by atoms with E-state index in [1.807, 2.05) is 0 Å². The van der Waals surface area contributed by atoms with Crippen molar-refractivity contribution in [2.45, 2.75) is 42.7 Å².